The summed E-state index contributed by atoms with van der Waals surface area (Å²) in [5.41, 5.74) is 3.34. The molecule has 3 aromatic rings. The number of hydrogen-bond acceptors (Lipinski definition) is 4. The minimum Gasteiger partial charge on any atom is -0.338 e. The van der Waals surface area contributed by atoms with E-state index in [0.29, 0.717) is 17.3 Å². The molecule has 6 heteroatoms. The summed E-state index contributed by atoms with van der Waals surface area (Å²) in [5, 5.41) is 4.42. The van der Waals surface area contributed by atoms with Gasteiger partial charge in [0.05, 0.1) is 5.69 Å². The lowest BCUT2D eigenvalue weighted by Gasteiger charge is -2.36. The predicted octanol–water partition coefficient (Wildman–Crippen LogP) is 2.77. The Hall–Kier alpha value is -2.73. The zero-order valence-electron chi connectivity index (χ0n) is 15.9. The minimum atomic E-state index is 0.0466. The Kier molecular flexibility index (Phi) is 4.90. The van der Waals surface area contributed by atoms with Gasteiger partial charge in [-0.2, -0.15) is 5.10 Å². The SMILES string of the molecule is Cc1nn2cccnc2c1C(=O)N1CCC(N(C)Cc2ccccc2)CC1. The van der Waals surface area contributed by atoms with Gasteiger partial charge in [-0.15, -0.1) is 0 Å². The molecule has 0 radical (unpaired) electrons. The van der Waals surface area contributed by atoms with Gasteiger partial charge in [-0.05, 0) is 38.4 Å². The highest BCUT2D eigenvalue weighted by Crippen LogP contribution is 2.21. The van der Waals surface area contributed by atoms with Crippen molar-refractivity contribution in [2.24, 2.45) is 0 Å². The Bertz CT molecular complexity index is 928. The van der Waals surface area contributed by atoms with Gasteiger partial charge in [0.2, 0.25) is 0 Å². The molecule has 140 valence electrons. The summed E-state index contributed by atoms with van der Waals surface area (Å²) in [6.07, 6.45) is 5.51. The Labute approximate surface area is 159 Å². The smallest absolute Gasteiger partial charge is 0.259 e. The second-order valence-electron chi connectivity index (χ2n) is 7.27. The van der Waals surface area contributed by atoms with Gasteiger partial charge in [0.15, 0.2) is 5.65 Å². The largest absolute Gasteiger partial charge is 0.338 e. The van der Waals surface area contributed by atoms with Crippen LogP contribution in [0, 0.1) is 6.92 Å². The van der Waals surface area contributed by atoms with Gasteiger partial charge in [-0.3, -0.25) is 9.69 Å². The number of aromatic nitrogens is 3. The van der Waals surface area contributed by atoms with Gasteiger partial charge in [0.25, 0.3) is 5.91 Å². The van der Waals surface area contributed by atoms with Crippen LogP contribution in [0.25, 0.3) is 5.65 Å². The van der Waals surface area contributed by atoms with E-state index in [1.54, 1.807) is 10.7 Å². The number of amides is 1. The fraction of sp³-hybridized carbons (Fsp3) is 0.381. The molecule has 1 aliphatic rings. The number of rotatable bonds is 4. The van der Waals surface area contributed by atoms with E-state index >= 15 is 0 Å². The van der Waals surface area contributed by atoms with E-state index in [4.69, 9.17) is 0 Å². The van der Waals surface area contributed by atoms with Crippen LogP contribution in [0.1, 0.15) is 34.5 Å². The zero-order chi connectivity index (χ0) is 18.8. The molecule has 0 N–H and O–H groups in total. The summed E-state index contributed by atoms with van der Waals surface area (Å²) in [4.78, 5) is 21.8. The van der Waals surface area contributed by atoms with Crippen molar-refractivity contribution in [2.45, 2.75) is 32.4 Å². The summed E-state index contributed by atoms with van der Waals surface area (Å²) >= 11 is 0. The molecule has 0 bridgehead atoms. The summed E-state index contributed by atoms with van der Waals surface area (Å²) in [5.74, 6) is 0.0466. The number of likely N-dealkylation sites (tertiary alicyclic amines) is 1. The van der Waals surface area contributed by atoms with Gasteiger partial charge in [-0.25, -0.2) is 9.50 Å². The molecule has 6 nitrogen and oxygen atoms in total. The first-order valence-corrected chi connectivity index (χ1v) is 9.47. The zero-order valence-corrected chi connectivity index (χ0v) is 15.9. The third kappa shape index (κ3) is 3.57. The molecule has 1 saturated heterocycles. The van der Waals surface area contributed by atoms with Gasteiger partial charge in [-0.1, -0.05) is 30.3 Å². The molecule has 27 heavy (non-hydrogen) atoms. The van der Waals surface area contributed by atoms with Crippen LogP contribution in [0.5, 0.6) is 0 Å². The molecule has 3 heterocycles. The highest BCUT2D eigenvalue weighted by atomic mass is 16.2. The third-order valence-corrected chi connectivity index (χ3v) is 5.43. The number of carbonyl (C=O) groups is 1. The maximum atomic E-state index is 13.1. The predicted molar refractivity (Wildman–Crippen MR) is 105 cm³/mol. The van der Waals surface area contributed by atoms with Gasteiger partial charge in [0.1, 0.15) is 5.56 Å². The van der Waals surface area contributed by atoms with Crippen LogP contribution < -0.4 is 0 Å². The van der Waals surface area contributed by atoms with Crippen molar-refractivity contribution in [3.05, 3.63) is 65.6 Å². The number of carbonyl (C=O) groups excluding carboxylic acids is 1. The summed E-state index contributed by atoms with van der Waals surface area (Å²) in [7, 11) is 2.18. The monoisotopic (exact) mass is 363 g/mol. The van der Waals surface area contributed by atoms with Crippen molar-refractivity contribution >= 4 is 11.6 Å². The second kappa shape index (κ2) is 7.48. The maximum Gasteiger partial charge on any atom is 0.259 e. The van der Waals surface area contributed by atoms with Gasteiger partial charge in [0, 0.05) is 38.1 Å². The number of piperidine rings is 1. The van der Waals surface area contributed by atoms with E-state index in [9.17, 15) is 4.79 Å². The van der Waals surface area contributed by atoms with E-state index in [2.05, 4.69) is 46.3 Å². The Balaban J connectivity index is 1.41. The molecule has 0 saturated carbocycles. The first kappa shape index (κ1) is 17.7. The Morgan fingerprint density at radius 3 is 2.67 bits per heavy atom. The first-order chi connectivity index (χ1) is 13.1. The fourth-order valence-electron chi connectivity index (χ4n) is 3.92. The standard InChI is InChI=1S/C21H25N5O/c1-16-19(20-22-11-6-12-26(20)23-16)21(27)25-13-9-18(10-14-25)24(2)15-17-7-4-3-5-8-17/h3-8,11-12,18H,9-10,13-15H2,1-2H3. The maximum absolute atomic E-state index is 13.1. The molecule has 1 amide bonds. The lowest BCUT2D eigenvalue weighted by Crippen LogP contribution is -2.45. The lowest BCUT2D eigenvalue weighted by atomic mass is 10.0. The van der Waals surface area contributed by atoms with Crippen LogP contribution in [-0.2, 0) is 6.54 Å². The van der Waals surface area contributed by atoms with Crippen LogP contribution in [-0.4, -0.2) is 56.5 Å². The van der Waals surface area contributed by atoms with Crippen molar-refractivity contribution in [3.63, 3.8) is 0 Å². The van der Waals surface area contributed by atoms with E-state index in [-0.39, 0.29) is 5.91 Å². The van der Waals surface area contributed by atoms with E-state index in [1.807, 2.05) is 30.2 Å². The van der Waals surface area contributed by atoms with Crippen LogP contribution in [0.4, 0.5) is 0 Å². The van der Waals surface area contributed by atoms with Crippen LogP contribution in [0.15, 0.2) is 48.8 Å². The van der Waals surface area contributed by atoms with Crippen LogP contribution >= 0.6 is 0 Å². The molecular weight excluding hydrogens is 338 g/mol. The average molecular weight is 363 g/mol. The fourth-order valence-corrected chi connectivity index (χ4v) is 3.92. The summed E-state index contributed by atoms with van der Waals surface area (Å²) < 4.78 is 1.68. The van der Waals surface area contributed by atoms with E-state index in [0.717, 1.165) is 38.2 Å². The number of hydrogen-bond donors (Lipinski definition) is 0. The number of nitrogens with zero attached hydrogens (tertiary/aromatic N) is 5. The molecule has 0 atom stereocenters. The molecule has 0 spiro atoms. The molecule has 4 rings (SSSR count). The number of fused-ring (bicyclic) bond motifs is 1. The van der Waals surface area contributed by atoms with Gasteiger partial charge >= 0.3 is 0 Å². The molecule has 1 aliphatic heterocycles. The van der Waals surface area contributed by atoms with Crippen LogP contribution in [0.2, 0.25) is 0 Å². The summed E-state index contributed by atoms with van der Waals surface area (Å²) in [6, 6.07) is 12.9. The molecule has 2 aromatic heterocycles. The number of aryl methyl sites for hydroxylation is 1. The third-order valence-electron chi connectivity index (χ3n) is 5.43. The highest BCUT2D eigenvalue weighted by molar-refractivity contribution is 6.01. The van der Waals surface area contributed by atoms with E-state index < -0.39 is 0 Å². The normalized spacial score (nSPS) is 15.6. The van der Waals surface area contributed by atoms with Crippen molar-refractivity contribution < 1.29 is 4.79 Å². The average Bonchev–Trinajstić information content (AvgIpc) is 3.04. The molecule has 1 fully saturated rings. The Morgan fingerprint density at radius 2 is 1.93 bits per heavy atom. The first-order valence-electron chi connectivity index (χ1n) is 9.47. The topological polar surface area (TPSA) is 53.7 Å². The minimum absolute atomic E-state index is 0.0466. The molecule has 1 aromatic carbocycles. The van der Waals surface area contributed by atoms with Crippen LogP contribution in [0.3, 0.4) is 0 Å². The highest BCUT2D eigenvalue weighted by Gasteiger charge is 2.29. The van der Waals surface area contributed by atoms with Crippen molar-refractivity contribution in [3.8, 4) is 0 Å². The molecule has 0 aliphatic carbocycles. The van der Waals surface area contributed by atoms with Crippen molar-refractivity contribution in [1.82, 2.24) is 24.4 Å². The molecule has 0 unspecified atom stereocenters. The second-order valence-corrected chi connectivity index (χ2v) is 7.27. The number of benzene rings is 1. The van der Waals surface area contributed by atoms with Gasteiger partial charge < -0.3 is 4.90 Å². The molecular formula is C21H25N5O. The Morgan fingerprint density at radius 1 is 1.19 bits per heavy atom. The summed E-state index contributed by atoms with van der Waals surface area (Å²) in [6.45, 7) is 4.36. The lowest BCUT2D eigenvalue weighted by molar-refractivity contribution is 0.0640. The quantitative estimate of drug-likeness (QED) is 0.715. The van der Waals surface area contributed by atoms with E-state index in [1.165, 1.54) is 5.56 Å². The van der Waals surface area contributed by atoms with Crippen molar-refractivity contribution in [1.29, 1.82) is 0 Å². The van der Waals surface area contributed by atoms with Crippen molar-refractivity contribution in [2.75, 3.05) is 20.1 Å².